The highest BCUT2D eigenvalue weighted by molar-refractivity contribution is 5.98. The predicted octanol–water partition coefficient (Wildman–Crippen LogP) is 4.35. The van der Waals surface area contributed by atoms with Crippen LogP contribution in [-0.2, 0) is 0 Å². The minimum absolute atomic E-state index is 0.0359. The van der Waals surface area contributed by atoms with Gasteiger partial charge in [0.1, 0.15) is 11.5 Å². The molecule has 1 saturated heterocycles. The van der Waals surface area contributed by atoms with E-state index >= 15 is 0 Å². The maximum absolute atomic E-state index is 13.3. The van der Waals surface area contributed by atoms with E-state index in [9.17, 15) is 9.18 Å². The number of amides is 1. The van der Waals surface area contributed by atoms with Crippen molar-refractivity contribution < 1.29 is 9.18 Å². The number of aromatic nitrogens is 1. The summed E-state index contributed by atoms with van der Waals surface area (Å²) < 4.78 is 13.3. The van der Waals surface area contributed by atoms with Gasteiger partial charge in [-0.1, -0.05) is 19.8 Å². The van der Waals surface area contributed by atoms with Gasteiger partial charge in [-0.25, -0.2) is 4.39 Å². The molecule has 22 heavy (non-hydrogen) atoms. The average Bonchev–Trinajstić information content (AvgIpc) is 2.78. The third-order valence-corrected chi connectivity index (χ3v) is 4.65. The van der Waals surface area contributed by atoms with Crippen molar-refractivity contribution in [2.24, 2.45) is 5.92 Å². The number of halogens is 1. The molecule has 118 valence electrons. The number of carbonyl (C=O) groups excluding carboxylic acids is 1. The van der Waals surface area contributed by atoms with E-state index in [-0.39, 0.29) is 11.7 Å². The fraction of sp³-hybridized carbons (Fsp3) is 0.500. The molecular formula is C18H23FN2O. The zero-order valence-corrected chi connectivity index (χ0v) is 13.1. The number of fused-ring (bicyclic) bond motifs is 1. The summed E-state index contributed by atoms with van der Waals surface area (Å²) in [5, 5.41) is 0.752. The first-order chi connectivity index (χ1) is 10.7. The topological polar surface area (TPSA) is 36.1 Å². The second kappa shape index (κ2) is 6.51. The molecule has 1 aromatic carbocycles. The minimum Gasteiger partial charge on any atom is -0.351 e. The second-order valence-corrected chi connectivity index (χ2v) is 6.29. The van der Waals surface area contributed by atoms with Crippen LogP contribution in [0, 0.1) is 11.7 Å². The van der Waals surface area contributed by atoms with E-state index < -0.39 is 0 Å². The van der Waals surface area contributed by atoms with E-state index in [1.807, 2.05) is 4.90 Å². The molecule has 1 amide bonds. The molecule has 0 bridgehead atoms. The van der Waals surface area contributed by atoms with Crippen molar-refractivity contribution in [1.82, 2.24) is 9.88 Å². The van der Waals surface area contributed by atoms with Gasteiger partial charge in [0.05, 0.1) is 0 Å². The Labute approximate surface area is 130 Å². The lowest BCUT2D eigenvalue weighted by molar-refractivity contribution is 0.0755. The highest BCUT2D eigenvalue weighted by Gasteiger charge is 2.22. The monoisotopic (exact) mass is 302 g/mol. The van der Waals surface area contributed by atoms with Crippen molar-refractivity contribution >= 4 is 16.8 Å². The third-order valence-electron chi connectivity index (χ3n) is 4.65. The summed E-state index contributed by atoms with van der Waals surface area (Å²) in [4.78, 5) is 17.7. The molecule has 1 aliphatic heterocycles. The lowest BCUT2D eigenvalue weighted by Crippen LogP contribution is -2.32. The molecule has 1 atom stereocenters. The van der Waals surface area contributed by atoms with E-state index in [0.29, 0.717) is 5.69 Å². The number of nitrogens with zero attached hydrogens (tertiary/aromatic N) is 1. The molecule has 1 aromatic heterocycles. The van der Waals surface area contributed by atoms with Gasteiger partial charge < -0.3 is 9.88 Å². The molecule has 1 fully saturated rings. The summed E-state index contributed by atoms with van der Waals surface area (Å²) in [5.74, 6) is 0.510. The predicted molar refractivity (Wildman–Crippen MR) is 86.4 cm³/mol. The molecule has 0 aliphatic carbocycles. The minimum atomic E-state index is -0.275. The lowest BCUT2D eigenvalue weighted by atomic mass is 9.96. The number of likely N-dealkylation sites (tertiary alicyclic amines) is 1. The van der Waals surface area contributed by atoms with Crippen LogP contribution in [0.3, 0.4) is 0 Å². The van der Waals surface area contributed by atoms with Crippen molar-refractivity contribution in [3.63, 3.8) is 0 Å². The Bertz CT molecular complexity index is 664. The summed E-state index contributed by atoms with van der Waals surface area (Å²) in [5.41, 5.74) is 1.37. The zero-order chi connectivity index (χ0) is 15.5. The van der Waals surface area contributed by atoms with Crippen LogP contribution in [0.15, 0.2) is 24.3 Å². The van der Waals surface area contributed by atoms with E-state index in [1.54, 1.807) is 12.1 Å². The smallest absolute Gasteiger partial charge is 0.270 e. The van der Waals surface area contributed by atoms with Gasteiger partial charge >= 0.3 is 0 Å². The molecule has 3 rings (SSSR count). The van der Waals surface area contributed by atoms with E-state index in [0.717, 1.165) is 42.8 Å². The van der Waals surface area contributed by atoms with E-state index in [1.165, 1.54) is 31.4 Å². The van der Waals surface area contributed by atoms with Crippen molar-refractivity contribution in [2.45, 2.75) is 39.0 Å². The van der Waals surface area contributed by atoms with Crippen LogP contribution in [-0.4, -0.2) is 28.9 Å². The molecular weight excluding hydrogens is 279 g/mol. The maximum atomic E-state index is 13.3. The summed E-state index contributed by atoms with van der Waals surface area (Å²) >= 11 is 0. The van der Waals surface area contributed by atoms with Crippen LogP contribution < -0.4 is 0 Å². The Morgan fingerprint density at radius 3 is 3.00 bits per heavy atom. The highest BCUT2D eigenvalue weighted by Crippen LogP contribution is 2.24. The Hall–Kier alpha value is -1.84. The maximum Gasteiger partial charge on any atom is 0.270 e. The van der Waals surface area contributed by atoms with E-state index in [2.05, 4.69) is 11.9 Å². The first-order valence-corrected chi connectivity index (χ1v) is 8.25. The molecule has 2 aromatic rings. The van der Waals surface area contributed by atoms with Gasteiger partial charge in [0.15, 0.2) is 0 Å². The van der Waals surface area contributed by atoms with Crippen LogP contribution in [0.2, 0.25) is 0 Å². The summed E-state index contributed by atoms with van der Waals surface area (Å²) in [6.07, 6.45) is 5.86. The molecule has 1 unspecified atom stereocenters. The Morgan fingerprint density at radius 1 is 1.32 bits per heavy atom. The van der Waals surface area contributed by atoms with Crippen LogP contribution in [0.5, 0.6) is 0 Å². The molecule has 1 aliphatic rings. The number of benzene rings is 1. The van der Waals surface area contributed by atoms with Gasteiger partial charge in [0, 0.05) is 24.0 Å². The number of hydrogen-bond donors (Lipinski definition) is 1. The summed E-state index contributed by atoms with van der Waals surface area (Å²) in [6, 6.07) is 6.31. The second-order valence-electron chi connectivity index (χ2n) is 6.29. The van der Waals surface area contributed by atoms with Gasteiger partial charge in [-0.05, 0) is 49.4 Å². The highest BCUT2D eigenvalue weighted by atomic mass is 19.1. The SMILES string of the molecule is CCCC1CCCN(C(=O)c2cc3cc(F)ccc3[nH]2)CC1. The molecule has 0 spiro atoms. The number of nitrogens with one attached hydrogen (secondary N) is 1. The van der Waals surface area contributed by atoms with Gasteiger partial charge in [-0.3, -0.25) is 4.79 Å². The van der Waals surface area contributed by atoms with Crippen molar-refractivity contribution in [1.29, 1.82) is 0 Å². The first-order valence-electron chi connectivity index (χ1n) is 8.25. The molecule has 0 saturated carbocycles. The van der Waals surface area contributed by atoms with Crippen molar-refractivity contribution in [2.75, 3.05) is 13.1 Å². The third kappa shape index (κ3) is 3.16. The van der Waals surface area contributed by atoms with Gasteiger partial charge in [0.25, 0.3) is 5.91 Å². The number of H-pyrrole nitrogens is 1. The Morgan fingerprint density at radius 2 is 2.18 bits per heavy atom. The zero-order valence-electron chi connectivity index (χ0n) is 13.1. The molecule has 3 nitrogen and oxygen atoms in total. The van der Waals surface area contributed by atoms with Gasteiger partial charge in [-0.15, -0.1) is 0 Å². The fourth-order valence-electron chi connectivity index (χ4n) is 3.45. The largest absolute Gasteiger partial charge is 0.351 e. The molecule has 0 radical (unpaired) electrons. The van der Waals surface area contributed by atoms with Crippen LogP contribution in [0.25, 0.3) is 10.9 Å². The normalized spacial score (nSPS) is 19.4. The molecule has 2 heterocycles. The quantitative estimate of drug-likeness (QED) is 0.899. The molecule has 1 N–H and O–H groups in total. The van der Waals surface area contributed by atoms with Crippen molar-refractivity contribution in [3.05, 3.63) is 35.8 Å². The van der Waals surface area contributed by atoms with Crippen LogP contribution in [0.1, 0.15) is 49.5 Å². The average molecular weight is 302 g/mol. The van der Waals surface area contributed by atoms with Crippen LogP contribution in [0.4, 0.5) is 4.39 Å². The van der Waals surface area contributed by atoms with Crippen molar-refractivity contribution in [3.8, 4) is 0 Å². The number of hydrogen-bond acceptors (Lipinski definition) is 1. The van der Waals surface area contributed by atoms with Gasteiger partial charge in [0.2, 0.25) is 0 Å². The first kappa shape index (κ1) is 15.1. The number of carbonyl (C=O) groups is 1. The summed E-state index contributed by atoms with van der Waals surface area (Å²) in [7, 11) is 0. The summed E-state index contributed by atoms with van der Waals surface area (Å²) in [6.45, 7) is 3.87. The Balaban J connectivity index is 1.74. The number of rotatable bonds is 3. The van der Waals surface area contributed by atoms with E-state index in [4.69, 9.17) is 0 Å². The lowest BCUT2D eigenvalue weighted by Gasteiger charge is -2.19. The molecule has 4 heteroatoms. The standard InChI is InChI=1S/C18H23FN2O/c1-2-4-13-5-3-9-21(10-8-13)18(22)17-12-14-11-15(19)6-7-16(14)20-17/h6-7,11-13,20H,2-5,8-10H2,1H3. The van der Waals surface area contributed by atoms with Crippen LogP contribution >= 0.6 is 0 Å². The number of aromatic amines is 1. The fourth-order valence-corrected chi connectivity index (χ4v) is 3.45. The Kier molecular flexibility index (Phi) is 4.46. The van der Waals surface area contributed by atoms with Gasteiger partial charge in [-0.2, -0.15) is 0 Å².